The van der Waals surface area contributed by atoms with E-state index in [2.05, 4.69) is 0 Å². The van der Waals surface area contributed by atoms with Crippen molar-refractivity contribution < 1.29 is 9.53 Å². The SMILES string of the molecule is Cc1ccccc1OC(=O)N1CCCC1. The maximum Gasteiger partial charge on any atom is 0.415 e. The van der Waals surface area contributed by atoms with E-state index in [0.29, 0.717) is 5.75 Å². The van der Waals surface area contributed by atoms with Crippen LogP contribution in [-0.4, -0.2) is 24.1 Å². The molecule has 0 spiro atoms. The number of ether oxygens (including phenoxy) is 1. The Morgan fingerprint density at radius 3 is 2.60 bits per heavy atom. The van der Waals surface area contributed by atoms with Crippen LogP contribution >= 0.6 is 0 Å². The molecular formula is C12H15NO2. The van der Waals surface area contributed by atoms with Gasteiger partial charge < -0.3 is 9.64 Å². The second-order valence-corrected chi connectivity index (χ2v) is 3.83. The van der Waals surface area contributed by atoms with Gasteiger partial charge in [-0.25, -0.2) is 4.79 Å². The van der Waals surface area contributed by atoms with Gasteiger partial charge in [-0.05, 0) is 31.4 Å². The summed E-state index contributed by atoms with van der Waals surface area (Å²) in [6.45, 7) is 3.59. The highest BCUT2D eigenvalue weighted by Gasteiger charge is 2.19. The van der Waals surface area contributed by atoms with Gasteiger partial charge in [0, 0.05) is 13.1 Å². The third-order valence-electron chi connectivity index (χ3n) is 2.66. The van der Waals surface area contributed by atoms with Crippen molar-refractivity contribution in [1.82, 2.24) is 4.90 Å². The molecule has 0 saturated carbocycles. The molecule has 1 aromatic rings. The summed E-state index contributed by atoms with van der Waals surface area (Å²) in [6, 6.07) is 7.57. The van der Waals surface area contributed by atoms with Crippen molar-refractivity contribution in [3.63, 3.8) is 0 Å². The number of carbonyl (C=O) groups is 1. The summed E-state index contributed by atoms with van der Waals surface area (Å²) in [4.78, 5) is 13.4. The van der Waals surface area contributed by atoms with Crippen molar-refractivity contribution in [2.75, 3.05) is 13.1 Å². The van der Waals surface area contributed by atoms with E-state index in [9.17, 15) is 4.79 Å². The van der Waals surface area contributed by atoms with Gasteiger partial charge in [0.05, 0.1) is 0 Å². The first-order valence-electron chi connectivity index (χ1n) is 5.30. The summed E-state index contributed by atoms with van der Waals surface area (Å²) in [5, 5.41) is 0. The Morgan fingerprint density at radius 2 is 1.93 bits per heavy atom. The lowest BCUT2D eigenvalue weighted by Crippen LogP contribution is -2.30. The number of rotatable bonds is 1. The van der Waals surface area contributed by atoms with Crippen LogP contribution in [0.3, 0.4) is 0 Å². The lowest BCUT2D eigenvalue weighted by molar-refractivity contribution is 0.162. The van der Waals surface area contributed by atoms with Gasteiger partial charge in [0.1, 0.15) is 5.75 Å². The Kier molecular flexibility index (Phi) is 2.90. The molecule has 1 amide bonds. The molecule has 1 heterocycles. The maximum atomic E-state index is 11.7. The molecule has 1 saturated heterocycles. The molecule has 0 aliphatic carbocycles. The largest absolute Gasteiger partial charge is 0.415 e. The van der Waals surface area contributed by atoms with Crippen molar-refractivity contribution in [3.05, 3.63) is 29.8 Å². The molecule has 3 heteroatoms. The highest BCUT2D eigenvalue weighted by atomic mass is 16.6. The summed E-state index contributed by atoms with van der Waals surface area (Å²) in [5.74, 6) is 0.661. The molecule has 0 N–H and O–H groups in total. The molecule has 1 aliphatic heterocycles. The number of benzene rings is 1. The van der Waals surface area contributed by atoms with Crippen LogP contribution in [0.1, 0.15) is 18.4 Å². The second-order valence-electron chi connectivity index (χ2n) is 3.83. The van der Waals surface area contributed by atoms with Crippen molar-refractivity contribution in [2.24, 2.45) is 0 Å². The topological polar surface area (TPSA) is 29.5 Å². The number of amides is 1. The highest BCUT2D eigenvalue weighted by Crippen LogP contribution is 2.18. The zero-order valence-electron chi connectivity index (χ0n) is 8.90. The number of aryl methyl sites for hydroxylation is 1. The quantitative estimate of drug-likeness (QED) is 0.705. The van der Waals surface area contributed by atoms with Crippen LogP contribution < -0.4 is 4.74 Å². The monoisotopic (exact) mass is 205 g/mol. The number of hydrogen-bond acceptors (Lipinski definition) is 2. The van der Waals surface area contributed by atoms with E-state index < -0.39 is 0 Å². The first-order valence-corrected chi connectivity index (χ1v) is 5.30. The fraction of sp³-hybridized carbons (Fsp3) is 0.417. The Morgan fingerprint density at radius 1 is 1.27 bits per heavy atom. The van der Waals surface area contributed by atoms with Crippen molar-refractivity contribution in [1.29, 1.82) is 0 Å². The van der Waals surface area contributed by atoms with Crippen molar-refractivity contribution >= 4 is 6.09 Å². The smallest absolute Gasteiger partial charge is 0.410 e. The Hall–Kier alpha value is -1.51. The Labute approximate surface area is 89.7 Å². The predicted octanol–water partition coefficient (Wildman–Crippen LogP) is 2.59. The van der Waals surface area contributed by atoms with Crippen LogP contribution in [0.15, 0.2) is 24.3 Å². The van der Waals surface area contributed by atoms with Gasteiger partial charge in [0.2, 0.25) is 0 Å². The van der Waals surface area contributed by atoms with Crippen LogP contribution in [0, 0.1) is 6.92 Å². The minimum absolute atomic E-state index is 0.221. The summed E-state index contributed by atoms with van der Waals surface area (Å²) in [6.07, 6.45) is 1.95. The standard InChI is InChI=1S/C12H15NO2/c1-10-6-2-3-7-11(10)15-12(14)13-8-4-5-9-13/h2-3,6-7H,4-5,8-9H2,1H3. The third-order valence-corrected chi connectivity index (χ3v) is 2.66. The van der Waals surface area contributed by atoms with Gasteiger partial charge in [-0.15, -0.1) is 0 Å². The minimum atomic E-state index is -0.221. The van der Waals surface area contributed by atoms with E-state index in [4.69, 9.17) is 4.74 Å². The maximum absolute atomic E-state index is 11.7. The van der Waals surface area contributed by atoms with Gasteiger partial charge in [0.25, 0.3) is 0 Å². The Balaban J connectivity index is 2.02. The molecule has 3 nitrogen and oxygen atoms in total. The number of nitrogens with zero attached hydrogens (tertiary/aromatic N) is 1. The minimum Gasteiger partial charge on any atom is -0.410 e. The van der Waals surface area contributed by atoms with Gasteiger partial charge in [-0.3, -0.25) is 0 Å². The summed E-state index contributed by atoms with van der Waals surface area (Å²) < 4.78 is 5.32. The summed E-state index contributed by atoms with van der Waals surface area (Å²) in [7, 11) is 0. The van der Waals surface area contributed by atoms with Crippen LogP contribution in [-0.2, 0) is 0 Å². The molecule has 1 aromatic carbocycles. The van der Waals surface area contributed by atoms with Crippen LogP contribution in [0.2, 0.25) is 0 Å². The van der Waals surface area contributed by atoms with Gasteiger partial charge in [-0.2, -0.15) is 0 Å². The van der Waals surface area contributed by atoms with Crippen molar-refractivity contribution in [3.8, 4) is 5.75 Å². The third kappa shape index (κ3) is 2.29. The zero-order valence-corrected chi connectivity index (χ0v) is 8.90. The summed E-state index contributed by atoms with van der Waals surface area (Å²) >= 11 is 0. The molecule has 0 aromatic heterocycles. The highest BCUT2D eigenvalue weighted by molar-refractivity contribution is 5.71. The fourth-order valence-electron chi connectivity index (χ4n) is 1.73. The van der Waals surface area contributed by atoms with E-state index in [1.54, 1.807) is 4.90 Å². The van der Waals surface area contributed by atoms with Crippen LogP contribution in [0.25, 0.3) is 0 Å². The molecule has 0 atom stereocenters. The van der Waals surface area contributed by atoms with Gasteiger partial charge in [-0.1, -0.05) is 18.2 Å². The van der Waals surface area contributed by atoms with E-state index in [1.165, 1.54) is 0 Å². The molecule has 1 fully saturated rings. The van der Waals surface area contributed by atoms with E-state index in [0.717, 1.165) is 31.5 Å². The lowest BCUT2D eigenvalue weighted by Gasteiger charge is -2.15. The average Bonchev–Trinajstić information content (AvgIpc) is 2.74. The molecule has 0 radical (unpaired) electrons. The lowest BCUT2D eigenvalue weighted by atomic mass is 10.2. The first-order chi connectivity index (χ1) is 7.27. The Bertz CT molecular complexity index is 356. The van der Waals surface area contributed by atoms with E-state index >= 15 is 0 Å². The number of likely N-dealkylation sites (tertiary alicyclic amines) is 1. The predicted molar refractivity (Wildman–Crippen MR) is 58.0 cm³/mol. The number of para-hydroxylation sites is 1. The molecule has 15 heavy (non-hydrogen) atoms. The molecule has 1 aliphatic rings. The fourth-order valence-corrected chi connectivity index (χ4v) is 1.73. The van der Waals surface area contributed by atoms with Crippen LogP contribution in [0.5, 0.6) is 5.75 Å². The average molecular weight is 205 g/mol. The van der Waals surface area contributed by atoms with Gasteiger partial charge >= 0.3 is 6.09 Å². The number of carbonyl (C=O) groups excluding carboxylic acids is 1. The normalized spacial score (nSPS) is 15.4. The van der Waals surface area contributed by atoms with Gasteiger partial charge in [0.15, 0.2) is 0 Å². The molecule has 0 bridgehead atoms. The second kappa shape index (κ2) is 4.34. The van der Waals surface area contributed by atoms with Crippen molar-refractivity contribution in [2.45, 2.75) is 19.8 Å². The molecule has 80 valence electrons. The molecule has 2 rings (SSSR count). The molecular weight excluding hydrogens is 190 g/mol. The number of hydrogen-bond donors (Lipinski definition) is 0. The summed E-state index contributed by atoms with van der Waals surface area (Å²) in [5.41, 5.74) is 0.991. The van der Waals surface area contributed by atoms with Crippen LogP contribution in [0.4, 0.5) is 4.79 Å². The van der Waals surface area contributed by atoms with E-state index in [-0.39, 0.29) is 6.09 Å². The van der Waals surface area contributed by atoms with E-state index in [1.807, 2.05) is 31.2 Å². The first kappa shape index (κ1) is 10.0. The molecule has 0 unspecified atom stereocenters. The zero-order chi connectivity index (χ0) is 10.7.